The van der Waals surface area contributed by atoms with Crippen LogP contribution in [0.25, 0.3) is 0 Å². The second-order valence-corrected chi connectivity index (χ2v) is 5.59. The molecular formula is C17H14Cl2O4. The molecule has 0 aliphatic carbocycles. The number of carbonyl (C=O) groups is 2. The lowest BCUT2D eigenvalue weighted by molar-refractivity contribution is -0.148. The molecule has 0 spiro atoms. The first-order valence-electron chi connectivity index (χ1n) is 6.89. The summed E-state index contributed by atoms with van der Waals surface area (Å²) in [5.74, 6) is -0.643. The highest BCUT2D eigenvalue weighted by Crippen LogP contribution is 2.17. The molecule has 0 N–H and O–H groups in total. The largest absolute Gasteiger partial charge is 0.461 e. The van der Waals surface area contributed by atoms with Gasteiger partial charge in [0.1, 0.15) is 12.4 Å². The lowest BCUT2D eigenvalue weighted by Gasteiger charge is -2.06. The predicted octanol–water partition coefficient (Wildman–Crippen LogP) is 4.42. The van der Waals surface area contributed by atoms with Crippen molar-refractivity contribution in [3.8, 4) is 5.75 Å². The topological polar surface area (TPSA) is 52.6 Å². The summed E-state index contributed by atoms with van der Waals surface area (Å²) in [6.45, 7) is 0.138. The van der Waals surface area contributed by atoms with Crippen LogP contribution in [-0.2, 0) is 20.9 Å². The smallest absolute Gasteiger partial charge is 0.311 e. The Morgan fingerprint density at radius 1 is 0.870 bits per heavy atom. The minimum atomic E-state index is -0.518. The van der Waals surface area contributed by atoms with Gasteiger partial charge in [0.25, 0.3) is 0 Å². The van der Waals surface area contributed by atoms with E-state index in [1.54, 1.807) is 42.5 Å². The highest BCUT2D eigenvalue weighted by molar-refractivity contribution is 6.30. The number of hydrogen-bond acceptors (Lipinski definition) is 4. The van der Waals surface area contributed by atoms with E-state index in [9.17, 15) is 9.59 Å². The Balaban J connectivity index is 1.71. The van der Waals surface area contributed by atoms with E-state index in [0.717, 1.165) is 5.56 Å². The third kappa shape index (κ3) is 6.30. The molecule has 0 aliphatic rings. The van der Waals surface area contributed by atoms with Gasteiger partial charge in [-0.1, -0.05) is 41.4 Å². The van der Waals surface area contributed by atoms with Gasteiger partial charge in [0.15, 0.2) is 0 Å². The van der Waals surface area contributed by atoms with Crippen molar-refractivity contribution < 1.29 is 19.1 Å². The van der Waals surface area contributed by atoms with Crippen molar-refractivity contribution in [1.29, 1.82) is 0 Å². The fraction of sp³-hybridized carbons (Fsp3) is 0.176. The van der Waals surface area contributed by atoms with Gasteiger partial charge in [-0.2, -0.15) is 0 Å². The van der Waals surface area contributed by atoms with E-state index < -0.39 is 11.9 Å². The molecule has 0 unspecified atom stereocenters. The van der Waals surface area contributed by atoms with Gasteiger partial charge < -0.3 is 9.47 Å². The normalized spacial score (nSPS) is 10.2. The highest BCUT2D eigenvalue weighted by Gasteiger charge is 2.10. The number of esters is 2. The molecule has 0 bridgehead atoms. The summed E-state index contributed by atoms with van der Waals surface area (Å²) in [6.07, 6.45) is -0.112. The Hall–Kier alpha value is -2.04. The highest BCUT2D eigenvalue weighted by atomic mass is 35.5. The summed E-state index contributed by atoms with van der Waals surface area (Å²) in [7, 11) is 0. The van der Waals surface area contributed by atoms with Gasteiger partial charge in [0.05, 0.1) is 12.8 Å². The maximum absolute atomic E-state index is 11.7. The van der Waals surface area contributed by atoms with E-state index >= 15 is 0 Å². The van der Waals surface area contributed by atoms with Crippen LogP contribution in [0.4, 0.5) is 0 Å². The number of halogens is 2. The zero-order valence-electron chi connectivity index (χ0n) is 12.1. The summed E-state index contributed by atoms with van der Waals surface area (Å²) >= 11 is 11.6. The fourth-order valence-electron chi connectivity index (χ4n) is 1.73. The molecule has 0 aromatic heterocycles. The molecule has 2 aromatic rings. The third-order valence-electron chi connectivity index (χ3n) is 2.87. The lowest BCUT2D eigenvalue weighted by atomic mass is 10.2. The van der Waals surface area contributed by atoms with E-state index in [4.69, 9.17) is 32.7 Å². The predicted molar refractivity (Wildman–Crippen MR) is 87.6 cm³/mol. The summed E-state index contributed by atoms with van der Waals surface area (Å²) in [5.41, 5.74) is 0.823. The van der Waals surface area contributed by atoms with E-state index in [-0.39, 0.29) is 19.4 Å². The van der Waals surface area contributed by atoms with E-state index in [1.807, 2.05) is 0 Å². The molecule has 2 aromatic carbocycles. The summed E-state index contributed by atoms with van der Waals surface area (Å²) < 4.78 is 10.2. The van der Waals surface area contributed by atoms with Gasteiger partial charge in [-0.05, 0) is 35.9 Å². The van der Waals surface area contributed by atoms with Crippen LogP contribution in [0.1, 0.15) is 18.4 Å². The minimum absolute atomic E-state index is 0.0486. The maximum Gasteiger partial charge on any atom is 0.311 e. The van der Waals surface area contributed by atoms with Crippen LogP contribution in [0, 0.1) is 0 Å². The van der Waals surface area contributed by atoms with Crippen molar-refractivity contribution in [3.63, 3.8) is 0 Å². The molecule has 120 valence electrons. The van der Waals surface area contributed by atoms with Gasteiger partial charge in [0.2, 0.25) is 0 Å². The quantitative estimate of drug-likeness (QED) is 0.570. The van der Waals surface area contributed by atoms with Gasteiger partial charge in [-0.3, -0.25) is 9.59 Å². The summed E-state index contributed by atoms with van der Waals surface area (Å²) in [4.78, 5) is 23.3. The first kappa shape index (κ1) is 17.3. The SMILES string of the molecule is O=C(CCC(=O)Oc1cccc(Cl)c1)OCc1ccc(Cl)cc1. The summed E-state index contributed by atoms with van der Waals surface area (Å²) in [6, 6.07) is 13.4. The number of carbonyl (C=O) groups excluding carboxylic acids is 2. The van der Waals surface area contributed by atoms with E-state index in [0.29, 0.717) is 15.8 Å². The molecule has 0 atom stereocenters. The van der Waals surface area contributed by atoms with Crippen molar-refractivity contribution in [1.82, 2.24) is 0 Å². The zero-order chi connectivity index (χ0) is 16.7. The van der Waals surface area contributed by atoms with E-state index in [1.165, 1.54) is 6.07 Å². The van der Waals surface area contributed by atoms with Crippen molar-refractivity contribution in [3.05, 3.63) is 64.1 Å². The van der Waals surface area contributed by atoms with Crippen LogP contribution in [0.5, 0.6) is 5.75 Å². The second-order valence-electron chi connectivity index (χ2n) is 4.72. The third-order valence-corrected chi connectivity index (χ3v) is 3.36. The number of ether oxygens (including phenoxy) is 2. The van der Waals surface area contributed by atoms with Crippen LogP contribution >= 0.6 is 23.2 Å². The second kappa shape index (κ2) is 8.56. The van der Waals surface area contributed by atoms with Gasteiger partial charge in [-0.15, -0.1) is 0 Å². The van der Waals surface area contributed by atoms with E-state index in [2.05, 4.69) is 0 Å². The van der Waals surface area contributed by atoms with Crippen molar-refractivity contribution in [2.75, 3.05) is 0 Å². The maximum atomic E-state index is 11.7. The monoisotopic (exact) mass is 352 g/mol. The Morgan fingerprint density at radius 3 is 2.26 bits per heavy atom. The standard InChI is InChI=1S/C17H14Cl2O4/c18-13-6-4-12(5-7-13)11-22-16(20)8-9-17(21)23-15-3-1-2-14(19)10-15/h1-7,10H,8-9,11H2. The van der Waals surface area contributed by atoms with Gasteiger partial charge in [0, 0.05) is 10.0 Å². The fourth-order valence-corrected chi connectivity index (χ4v) is 2.04. The molecule has 0 heterocycles. The van der Waals surface area contributed by atoms with Crippen molar-refractivity contribution in [2.45, 2.75) is 19.4 Å². The van der Waals surface area contributed by atoms with Crippen LogP contribution in [0.15, 0.2) is 48.5 Å². The molecule has 4 nitrogen and oxygen atoms in total. The van der Waals surface area contributed by atoms with Gasteiger partial charge in [-0.25, -0.2) is 0 Å². The molecule has 6 heteroatoms. The molecular weight excluding hydrogens is 339 g/mol. The molecule has 0 aliphatic heterocycles. The molecule has 2 rings (SSSR count). The Labute approximate surface area is 143 Å². The average Bonchev–Trinajstić information content (AvgIpc) is 2.52. The van der Waals surface area contributed by atoms with Crippen LogP contribution in [0.3, 0.4) is 0 Å². The van der Waals surface area contributed by atoms with Crippen molar-refractivity contribution >= 4 is 35.1 Å². The number of benzene rings is 2. The molecule has 0 radical (unpaired) electrons. The summed E-state index contributed by atoms with van der Waals surface area (Å²) in [5, 5.41) is 1.08. The molecule has 0 saturated carbocycles. The number of hydrogen-bond donors (Lipinski definition) is 0. The first-order chi connectivity index (χ1) is 11.0. The van der Waals surface area contributed by atoms with Crippen LogP contribution in [0.2, 0.25) is 10.0 Å². The molecule has 0 fully saturated rings. The van der Waals surface area contributed by atoms with Gasteiger partial charge >= 0.3 is 11.9 Å². The Bertz CT molecular complexity index is 683. The Kier molecular flexibility index (Phi) is 6.44. The van der Waals surface area contributed by atoms with Crippen LogP contribution in [-0.4, -0.2) is 11.9 Å². The Morgan fingerprint density at radius 2 is 1.57 bits per heavy atom. The molecule has 0 saturated heterocycles. The minimum Gasteiger partial charge on any atom is -0.461 e. The zero-order valence-corrected chi connectivity index (χ0v) is 13.6. The molecule has 0 amide bonds. The average molecular weight is 353 g/mol. The van der Waals surface area contributed by atoms with Crippen molar-refractivity contribution in [2.24, 2.45) is 0 Å². The molecule has 23 heavy (non-hydrogen) atoms. The van der Waals surface area contributed by atoms with Crippen LogP contribution < -0.4 is 4.74 Å². The number of rotatable bonds is 6. The lowest BCUT2D eigenvalue weighted by Crippen LogP contribution is -2.12. The first-order valence-corrected chi connectivity index (χ1v) is 7.65.